The summed E-state index contributed by atoms with van der Waals surface area (Å²) in [5.41, 5.74) is 0. The molecule has 0 aromatic rings. The first-order valence-electron chi connectivity index (χ1n) is 17.1. The van der Waals surface area contributed by atoms with E-state index < -0.39 is 16.6 Å². The van der Waals surface area contributed by atoms with E-state index >= 15 is 0 Å². The van der Waals surface area contributed by atoms with Crippen LogP contribution in [-0.2, 0) is 8.85 Å². The average Bonchev–Trinajstić information content (AvgIpc) is 3.57. The number of allylic oxidation sites excluding steroid dienone is 2. The Bertz CT molecular complexity index is 657. The second kappa shape index (κ2) is 17.9. The summed E-state index contributed by atoms with van der Waals surface area (Å²) in [5, 5.41) is 0.467. The zero-order valence-electron chi connectivity index (χ0n) is 28.7. The van der Waals surface area contributed by atoms with Gasteiger partial charge in [0.15, 0.2) is 16.6 Å². The maximum absolute atomic E-state index is 6.86. The molecule has 0 aromatic heterocycles. The number of rotatable bonds is 22. The predicted octanol–water partition coefficient (Wildman–Crippen LogP) is 12.5. The smallest absolute Gasteiger partial charge is 0.192 e. The molecule has 2 nitrogen and oxygen atoms in total. The van der Waals surface area contributed by atoms with Gasteiger partial charge in [-0.05, 0) is 80.2 Å². The van der Waals surface area contributed by atoms with Crippen molar-refractivity contribution in [3.05, 3.63) is 12.2 Å². The Morgan fingerprint density at radius 1 is 0.667 bits per heavy atom. The molecule has 0 N–H and O–H groups in total. The van der Waals surface area contributed by atoms with Crippen LogP contribution in [-0.4, -0.2) is 29.3 Å². The van der Waals surface area contributed by atoms with Crippen LogP contribution in [0.3, 0.4) is 0 Å². The van der Waals surface area contributed by atoms with Crippen LogP contribution in [0.5, 0.6) is 0 Å². The zero-order valence-corrected chi connectivity index (χ0v) is 30.7. The van der Waals surface area contributed by atoms with Crippen molar-refractivity contribution < 1.29 is 8.85 Å². The van der Waals surface area contributed by atoms with Gasteiger partial charge in [0.2, 0.25) is 0 Å². The summed E-state index contributed by atoms with van der Waals surface area (Å²) in [6.45, 7) is 26.5. The van der Waals surface area contributed by atoms with Crippen molar-refractivity contribution in [1.82, 2.24) is 0 Å². The first-order chi connectivity index (χ1) is 18.1. The van der Waals surface area contributed by atoms with Gasteiger partial charge in [-0.3, -0.25) is 0 Å². The van der Waals surface area contributed by atoms with E-state index in [9.17, 15) is 0 Å². The molecule has 0 unspecified atom stereocenters. The summed E-state index contributed by atoms with van der Waals surface area (Å²) in [7, 11) is -3.58. The maximum atomic E-state index is 6.86. The van der Waals surface area contributed by atoms with Crippen LogP contribution < -0.4 is 0 Å². The lowest BCUT2D eigenvalue weighted by Crippen LogP contribution is -2.47. The van der Waals surface area contributed by atoms with E-state index in [4.69, 9.17) is 8.85 Å². The molecule has 1 fully saturated rings. The third-order valence-corrected chi connectivity index (χ3v) is 19.3. The van der Waals surface area contributed by atoms with Crippen LogP contribution in [0.4, 0.5) is 0 Å². The summed E-state index contributed by atoms with van der Waals surface area (Å²) in [5.74, 6) is 2.14. The molecular weight excluding hydrogens is 509 g/mol. The largest absolute Gasteiger partial charge is 0.414 e. The molecule has 4 heteroatoms. The molecule has 1 aliphatic carbocycles. The van der Waals surface area contributed by atoms with Gasteiger partial charge in [0.1, 0.15) is 0 Å². The van der Waals surface area contributed by atoms with Gasteiger partial charge in [0.05, 0.1) is 12.7 Å². The molecule has 0 amide bonds. The van der Waals surface area contributed by atoms with E-state index in [-0.39, 0.29) is 16.2 Å². The van der Waals surface area contributed by atoms with Gasteiger partial charge in [-0.15, -0.1) is 0 Å². The Kier molecular flexibility index (Phi) is 17.0. The third-order valence-electron chi connectivity index (χ3n) is 10.2. The van der Waals surface area contributed by atoms with Crippen molar-refractivity contribution in [2.24, 2.45) is 11.8 Å². The van der Waals surface area contributed by atoms with E-state index in [0.717, 1.165) is 31.3 Å². The van der Waals surface area contributed by atoms with Crippen molar-refractivity contribution in [3.63, 3.8) is 0 Å². The van der Waals surface area contributed by atoms with E-state index in [1.807, 2.05) is 0 Å². The van der Waals surface area contributed by atoms with Crippen LogP contribution in [0.25, 0.3) is 0 Å². The average molecular weight is 581 g/mol. The molecular formula is C35H72O2Si2. The number of hydrogen-bond donors (Lipinski definition) is 0. The highest BCUT2D eigenvalue weighted by molar-refractivity contribution is 6.74. The second-order valence-electron chi connectivity index (χ2n) is 15.9. The van der Waals surface area contributed by atoms with Crippen LogP contribution >= 0.6 is 0 Å². The van der Waals surface area contributed by atoms with E-state index in [0.29, 0.717) is 0 Å². The number of hydrogen-bond acceptors (Lipinski definition) is 2. The standard InChI is InChI=1S/C35H72O2Si2/c1-12-13-14-15-16-17-20-23-26-31-29-32(31)27-24-21-18-19-22-25-28-33(37-39(10,11)35(5,6)7)30-36-38(8,9)34(2,3)4/h19,22,31-33H,12-18,20-21,23-30H2,1-11H3/b22-19-/t31-,32+,33-/m1/s1. The fourth-order valence-corrected chi connectivity index (χ4v) is 7.44. The van der Waals surface area contributed by atoms with Gasteiger partial charge in [-0.2, -0.15) is 0 Å². The highest BCUT2D eigenvalue weighted by Crippen LogP contribution is 2.46. The molecule has 1 aliphatic rings. The van der Waals surface area contributed by atoms with Gasteiger partial charge < -0.3 is 8.85 Å². The Morgan fingerprint density at radius 2 is 1.15 bits per heavy atom. The minimum absolute atomic E-state index is 0.206. The quantitative estimate of drug-likeness (QED) is 0.0720. The fraction of sp³-hybridized carbons (Fsp3) is 0.943. The summed E-state index contributed by atoms with van der Waals surface area (Å²) in [6.07, 6.45) is 27.4. The lowest BCUT2D eigenvalue weighted by molar-refractivity contribution is 0.101. The van der Waals surface area contributed by atoms with Crippen molar-refractivity contribution >= 4 is 16.6 Å². The van der Waals surface area contributed by atoms with Crippen molar-refractivity contribution in [3.8, 4) is 0 Å². The molecule has 1 saturated carbocycles. The second-order valence-corrected chi connectivity index (χ2v) is 25.5. The first-order valence-corrected chi connectivity index (χ1v) is 22.9. The topological polar surface area (TPSA) is 18.5 Å². The Hall–Kier alpha value is 0.0938. The molecule has 0 radical (unpaired) electrons. The summed E-state index contributed by atoms with van der Waals surface area (Å²) in [6, 6.07) is 0. The lowest BCUT2D eigenvalue weighted by Gasteiger charge is -2.41. The predicted molar refractivity (Wildman–Crippen MR) is 181 cm³/mol. The molecule has 0 saturated heterocycles. The molecule has 39 heavy (non-hydrogen) atoms. The highest BCUT2D eigenvalue weighted by atomic mass is 28.4. The van der Waals surface area contributed by atoms with E-state index in [2.05, 4.69) is 86.8 Å². The van der Waals surface area contributed by atoms with Crippen molar-refractivity contribution in [2.45, 2.75) is 194 Å². The van der Waals surface area contributed by atoms with Gasteiger partial charge >= 0.3 is 0 Å². The molecule has 232 valence electrons. The zero-order chi connectivity index (χ0) is 29.6. The normalized spacial score (nSPS) is 19.7. The van der Waals surface area contributed by atoms with Gasteiger partial charge in [0, 0.05) is 0 Å². The van der Waals surface area contributed by atoms with E-state index in [1.165, 1.54) is 89.9 Å². The van der Waals surface area contributed by atoms with Crippen LogP contribution in [0.2, 0.25) is 36.3 Å². The lowest BCUT2D eigenvalue weighted by atomic mass is 10.0. The minimum Gasteiger partial charge on any atom is -0.414 e. The van der Waals surface area contributed by atoms with E-state index in [1.54, 1.807) is 0 Å². The molecule has 0 aromatic carbocycles. The SMILES string of the molecule is CCCCCCCCCC[C@@H]1C[C@@H]1CCCC/C=C\CC[C@H](CO[Si](C)(C)C(C)(C)C)O[Si](C)(C)C(C)(C)C. The summed E-state index contributed by atoms with van der Waals surface area (Å²) >= 11 is 0. The molecule has 3 atom stereocenters. The van der Waals surface area contributed by atoms with Gasteiger partial charge in [-0.25, -0.2) is 0 Å². The Labute approximate surface area is 249 Å². The first kappa shape index (κ1) is 37.1. The Balaban J connectivity index is 2.25. The summed E-state index contributed by atoms with van der Waals surface area (Å²) < 4.78 is 13.5. The number of unbranched alkanes of at least 4 members (excludes halogenated alkanes) is 9. The molecule has 0 heterocycles. The Morgan fingerprint density at radius 3 is 1.69 bits per heavy atom. The molecule has 1 rings (SSSR count). The van der Waals surface area contributed by atoms with Gasteiger partial charge in [-0.1, -0.05) is 131 Å². The van der Waals surface area contributed by atoms with Crippen LogP contribution in [0.1, 0.15) is 151 Å². The van der Waals surface area contributed by atoms with Crippen LogP contribution in [0.15, 0.2) is 12.2 Å². The maximum Gasteiger partial charge on any atom is 0.192 e. The van der Waals surface area contributed by atoms with Gasteiger partial charge in [0.25, 0.3) is 0 Å². The summed E-state index contributed by atoms with van der Waals surface area (Å²) in [4.78, 5) is 0. The monoisotopic (exact) mass is 581 g/mol. The minimum atomic E-state index is -1.82. The molecule has 0 bridgehead atoms. The highest BCUT2D eigenvalue weighted by Gasteiger charge is 2.41. The van der Waals surface area contributed by atoms with Crippen molar-refractivity contribution in [2.75, 3.05) is 6.61 Å². The fourth-order valence-electron chi connectivity index (χ4n) is 5.03. The van der Waals surface area contributed by atoms with Crippen molar-refractivity contribution in [1.29, 1.82) is 0 Å². The third kappa shape index (κ3) is 15.8. The molecule has 0 spiro atoms. The van der Waals surface area contributed by atoms with Crippen LogP contribution in [0, 0.1) is 11.8 Å². The molecule has 0 aliphatic heterocycles.